The Morgan fingerprint density at radius 1 is 1.29 bits per heavy atom. The van der Waals surface area contributed by atoms with Crippen molar-refractivity contribution in [3.8, 4) is 6.07 Å². The van der Waals surface area contributed by atoms with Gasteiger partial charge < -0.3 is 11.1 Å². The average Bonchev–Trinajstić information content (AvgIpc) is 2.32. The molecule has 1 aromatic carbocycles. The van der Waals surface area contributed by atoms with Crippen molar-refractivity contribution in [1.29, 1.82) is 5.26 Å². The minimum atomic E-state index is 0.472. The average molecular weight is 224 g/mol. The number of nitriles is 1. The topological polar surface area (TPSA) is 74.7 Å². The Balaban J connectivity index is 2.34. The molecule has 0 bridgehead atoms. The molecule has 0 atom stereocenters. The van der Waals surface area contributed by atoms with Crippen LogP contribution in [0.1, 0.15) is 11.1 Å². The van der Waals surface area contributed by atoms with E-state index in [1.807, 2.05) is 31.2 Å². The molecule has 17 heavy (non-hydrogen) atoms. The SMILES string of the molecule is Cc1cccc(Nc2ccc(N)nc2)c1C#N. The highest BCUT2D eigenvalue weighted by Gasteiger charge is 2.04. The van der Waals surface area contributed by atoms with Gasteiger partial charge in [-0.25, -0.2) is 4.98 Å². The molecule has 0 aliphatic carbocycles. The Morgan fingerprint density at radius 2 is 2.12 bits per heavy atom. The first-order valence-corrected chi connectivity index (χ1v) is 5.19. The first-order chi connectivity index (χ1) is 8.20. The summed E-state index contributed by atoms with van der Waals surface area (Å²) in [5.74, 6) is 0.472. The van der Waals surface area contributed by atoms with Crippen LogP contribution in [0.2, 0.25) is 0 Å². The van der Waals surface area contributed by atoms with E-state index in [9.17, 15) is 0 Å². The summed E-state index contributed by atoms with van der Waals surface area (Å²) in [7, 11) is 0. The van der Waals surface area contributed by atoms with Crippen LogP contribution in [0.5, 0.6) is 0 Å². The normalized spacial score (nSPS) is 9.65. The van der Waals surface area contributed by atoms with Gasteiger partial charge in [0.1, 0.15) is 11.9 Å². The van der Waals surface area contributed by atoms with Gasteiger partial charge in [0.25, 0.3) is 0 Å². The Kier molecular flexibility index (Phi) is 2.93. The lowest BCUT2D eigenvalue weighted by atomic mass is 10.1. The van der Waals surface area contributed by atoms with Gasteiger partial charge in [-0.3, -0.25) is 0 Å². The van der Waals surface area contributed by atoms with E-state index in [0.29, 0.717) is 11.4 Å². The van der Waals surface area contributed by atoms with Gasteiger partial charge in [0.15, 0.2) is 0 Å². The third-order valence-corrected chi connectivity index (χ3v) is 2.45. The van der Waals surface area contributed by atoms with Crippen LogP contribution in [-0.2, 0) is 0 Å². The summed E-state index contributed by atoms with van der Waals surface area (Å²) in [6.45, 7) is 1.91. The van der Waals surface area contributed by atoms with Gasteiger partial charge in [-0.15, -0.1) is 0 Å². The highest BCUT2D eigenvalue weighted by Crippen LogP contribution is 2.22. The van der Waals surface area contributed by atoms with Crippen molar-refractivity contribution in [1.82, 2.24) is 4.98 Å². The molecule has 0 aliphatic heterocycles. The molecule has 1 heterocycles. The van der Waals surface area contributed by atoms with Crippen LogP contribution >= 0.6 is 0 Å². The number of aryl methyl sites for hydroxylation is 1. The lowest BCUT2D eigenvalue weighted by Crippen LogP contribution is -1.97. The second kappa shape index (κ2) is 4.54. The van der Waals surface area contributed by atoms with E-state index in [1.54, 1.807) is 12.3 Å². The molecule has 2 aromatic rings. The molecule has 3 N–H and O–H groups in total. The van der Waals surface area contributed by atoms with Gasteiger partial charge in [-0.05, 0) is 30.7 Å². The minimum absolute atomic E-state index is 0.472. The predicted octanol–water partition coefficient (Wildman–Crippen LogP) is 2.59. The Bertz CT molecular complexity index is 567. The zero-order valence-electron chi connectivity index (χ0n) is 9.44. The molecule has 0 radical (unpaired) electrons. The molecule has 0 spiro atoms. The maximum atomic E-state index is 9.10. The van der Waals surface area contributed by atoms with E-state index in [0.717, 1.165) is 16.9 Å². The third-order valence-electron chi connectivity index (χ3n) is 2.45. The van der Waals surface area contributed by atoms with Crippen LogP contribution in [0.3, 0.4) is 0 Å². The number of nitrogens with zero attached hydrogens (tertiary/aromatic N) is 2. The van der Waals surface area contributed by atoms with Crippen LogP contribution in [0.15, 0.2) is 36.5 Å². The Labute approximate surface area is 99.7 Å². The van der Waals surface area contributed by atoms with Crippen LogP contribution in [0, 0.1) is 18.3 Å². The quantitative estimate of drug-likeness (QED) is 0.822. The molecular formula is C13H12N4. The minimum Gasteiger partial charge on any atom is -0.384 e. The lowest BCUT2D eigenvalue weighted by Gasteiger charge is -2.09. The van der Waals surface area contributed by atoms with E-state index in [1.165, 1.54) is 0 Å². The maximum Gasteiger partial charge on any atom is 0.123 e. The fraction of sp³-hybridized carbons (Fsp3) is 0.0769. The molecule has 0 aliphatic rings. The number of pyridine rings is 1. The highest BCUT2D eigenvalue weighted by molar-refractivity contribution is 5.68. The largest absolute Gasteiger partial charge is 0.384 e. The molecule has 4 heteroatoms. The van der Waals surface area contributed by atoms with Crippen LogP contribution in [0.25, 0.3) is 0 Å². The number of anilines is 3. The Morgan fingerprint density at radius 3 is 2.76 bits per heavy atom. The molecule has 0 unspecified atom stereocenters. The van der Waals surface area contributed by atoms with Gasteiger partial charge in [0, 0.05) is 0 Å². The first-order valence-electron chi connectivity index (χ1n) is 5.19. The predicted molar refractivity (Wildman–Crippen MR) is 67.8 cm³/mol. The van der Waals surface area contributed by atoms with E-state index in [-0.39, 0.29) is 0 Å². The van der Waals surface area contributed by atoms with Crippen molar-refractivity contribution in [2.45, 2.75) is 6.92 Å². The fourth-order valence-corrected chi connectivity index (χ4v) is 1.56. The number of rotatable bonds is 2. The molecule has 0 fully saturated rings. The number of benzene rings is 1. The summed E-state index contributed by atoms with van der Waals surface area (Å²) in [6, 6.07) is 11.4. The highest BCUT2D eigenvalue weighted by atomic mass is 14.9. The zero-order valence-corrected chi connectivity index (χ0v) is 9.44. The van der Waals surface area contributed by atoms with Crippen molar-refractivity contribution < 1.29 is 0 Å². The smallest absolute Gasteiger partial charge is 0.123 e. The fourth-order valence-electron chi connectivity index (χ4n) is 1.56. The van der Waals surface area contributed by atoms with Gasteiger partial charge in [0.05, 0.1) is 23.1 Å². The number of hydrogen-bond acceptors (Lipinski definition) is 4. The molecule has 0 saturated heterocycles. The second-order valence-corrected chi connectivity index (χ2v) is 3.71. The summed E-state index contributed by atoms with van der Waals surface area (Å²) in [6.07, 6.45) is 1.64. The van der Waals surface area contributed by atoms with Crippen LogP contribution < -0.4 is 11.1 Å². The van der Waals surface area contributed by atoms with Crippen molar-refractivity contribution in [3.63, 3.8) is 0 Å². The summed E-state index contributed by atoms with van der Waals surface area (Å²) in [5, 5.41) is 12.2. The number of nitrogen functional groups attached to an aromatic ring is 1. The van der Waals surface area contributed by atoms with Crippen LogP contribution in [0.4, 0.5) is 17.2 Å². The van der Waals surface area contributed by atoms with Crippen molar-refractivity contribution in [2.75, 3.05) is 11.1 Å². The first kappa shape index (κ1) is 11.0. The van der Waals surface area contributed by atoms with E-state index < -0.39 is 0 Å². The van der Waals surface area contributed by atoms with Crippen molar-refractivity contribution in [3.05, 3.63) is 47.7 Å². The summed E-state index contributed by atoms with van der Waals surface area (Å²) >= 11 is 0. The third kappa shape index (κ3) is 2.34. The number of nitrogens with one attached hydrogen (secondary N) is 1. The van der Waals surface area contributed by atoms with E-state index in [2.05, 4.69) is 16.4 Å². The summed E-state index contributed by atoms with van der Waals surface area (Å²) in [5.41, 5.74) is 8.68. The van der Waals surface area contributed by atoms with Gasteiger partial charge in [0.2, 0.25) is 0 Å². The zero-order chi connectivity index (χ0) is 12.3. The number of hydrogen-bond donors (Lipinski definition) is 2. The lowest BCUT2D eigenvalue weighted by molar-refractivity contribution is 1.32. The molecular weight excluding hydrogens is 212 g/mol. The molecule has 4 nitrogen and oxygen atoms in total. The monoisotopic (exact) mass is 224 g/mol. The summed E-state index contributed by atoms with van der Waals surface area (Å²) < 4.78 is 0. The molecule has 0 amide bonds. The van der Waals surface area contributed by atoms with Gasteiger partial charge in [-0.2, -0.15) is 5.26 Å². The molecule has 84 valence electrons. The molecule has 0 saturated carbocycles. The summed E-state index contributed by atoms with van der Waals surface area (Å²) in [4.78, 5) is 3.99. The number of nitrogens with two attached hydrogens (primary N) is 1. The van der Waals surface area contributed by atoms with Crippen LogP contribution in [-0.4, -0.2) is 4.98 Å². The van der Waals surface area contributed by atoms with Gasteiger partial charge >= 0.3 is 0 Å². The Hall–Kier alpha value is -2.54. The molecule has 1 aromatic heterocycles. The second-order valence-electron chi connectivity index (χ2n) is 3.71. The standard InChI is InChI=1S/C13H12N4/c1-9-3-2-4-12(11(9)7-14)17-10-5-6-13(15)16-8-10/h2-6,8,17H,1H3,(H2,15,16). The molecule has 2 rings (SSSR count). The van der Waals surface area contributed by atoms with E-state index >= 15 is 0 Å². The van der Waals surface area contributed by atoms with Gasteiger partial charge in [-0.1, -0.05) is 12.1 Å². The van der Waals surface area contributed by atoms with Crippen molar-refractivity contribution in [2.24, 2.45) is 0 Å². The maximum absolute atomic E-state index is 9.10. The van der Waals surface area contributed by atoms with Crippen molar-refractivity contribution >= 4 is 17.2 Å². The van der Waals surface area contributed by atoms with E-state index in [4.69, 9.17) is 11.0 Å². The number of aromatic nitrogens is 1.